The van der Waals surface area contributed by atoms with Crippen molar-refractivity contribution in [1.29, 1.82) is 0 Å². The molecule has 6 aromatic carbocycles. The van der Waals surface area contributed by atoms with E-state index < -0.39 is 0 Å². The van der Waals surface area contributed by atoms with Crippen LogP contribution >= 0.6 is 0 Å². The molecule has 0 fully saturated rings. The van der Waals surface area contributed by atoms with Gasteiger partial charge in [-0.3, -0.25) is 0 Å². The van der Waals surface area contributed by atoms with Crippen LogP contribution in [-0.4, -0.2) is 30.4 Å². The predicted octanol–water partition coefficient (Wildman–Crippen LogP) is 8.02. The number of nitrogens with zero attached hydrogens (tertiary/aromatic N) is 4. The van der Waals surface area contributed by atoms with Crippen LogP contribution in [0.25, 0.3) is 50.4 Å². The van der Waals surface area contributed by atoms with E-state index in [-0.39, 0.29) is 6.10 Å². The van der Waals surface area contributed by atoms with Crippen molar-refractivity contribution >= 4 is 80.7 Å². The molecule has 2 aliphatic carbocycles. The molecule has 0 radical (unpaired) electrons. The smallest absolute Gasteiger partial charge is 0.240 e. The van der Waals surface area contributed by atoms with Gasteiger partial charge in [-0.05, 0) is 128 Å². The normalized spacial score (nSPS) is 14.2. The molecule has 0 saturated heterocycles. The SMILES string of the molecule is O=C=NC1=C(c2ccc3ccc(N=C=O)c(-c4ccc5ccc(N=C=O)cc5c4)c3c2)c2cc(OC3C=c4cc(N=C=O)ccc4=CC3)ccc2CC1. The number of fused-ring (bicyclic) bond motifs is 4. The van der Waals surface area contributed by atoms with Gasteiger partial charge in [0.15, 0.2) is 0 Å². The highest BCUT2D eigenvalue weighted by Crippen LogP contribution is 2.43. The third kappa shape index (κ3) is 6.40. The van der Waals surface area contributed by atoms with Crippen LogP contribution in [0, 0.1) is 0 Å². The molecular formula is C44H26N4O5. The number of allylic oxidation sites excluding steroid dienone is 1. The molecule has 0 spiro atoms. The van der Waals surface area contributed by atoms with Gasteiger partial charge in [0.2, 0.25) is 24.3 Å². The summed E-state index contributed by atoms with van der Waals surface area (Å²) in [6.07, 6.45) is 12.4. The fourth-order valence-corrected chi connectivity index (χ4v) is 7.31. The van der Waals surface area contributed by atoms with Gasteiger partial charge in [-0.15, -0.1) is 0 Å². The summed E-state index contributed by atoms with van der Waals surface area (Å²) in [7, 11) is 0. The van der Waals surface area contributed by atoms with Crippen LogP contribution in [0.4, 0.5) is 17.1 Å². The van der Waals surface area contributed by atoms with Gasteiger partial charge >= 0.3 is 0 Å². The third-order valence-electron chi connectivity index (χ3n) is 9.66. The molecule has 0 bridgehead atoms. The predicted molar refractivity (Wildman–Crippen MR) is 203 cm³/mol. The first-order valence-corrected chi connectivity index (χ1v) is 16.8. The minimum Gasteiger partial charge on any atom is -0.486 e. The highest BCUT2D eigenvalue weighted by atomic mass is 16.5. The van der Waals surface area contributed by atoms with Gasteiger partial charge in [-0.1, -0.05) is 54.6 Å². The fraction of sp³-hybridized carbons (Fsp3) is 0.0909. The van der Waals surface area contributed by atoms with E-state index in [0.717, 1.165) is 65.4 Å². The molecule has 6 aromatic rings. The van der Waals surface area contributed by atoms with E-state index in [9.17, 15) is 19.2 Å². The minimum atomic E-state index is -0.261. The van der Waals surface area contributed by atoms with Crippen molar-refractivity contribution in [2.75, 3.05) is 0 Å². The van der Waals surface area contributed by atoms with E-state index in [4.69, 9.17) is 4.74 Å². The molecule has 1 unspecified atom stereocenters. The molecule has 0 aliphatic heterocycles. The molecule has 0 heterocycles. The fourth-order valence-electron chi connectivity index (χ4n) is 7.31. The van der Waals surface area contributed by atoms with Crippen molar-refractivity contribution in [3.05, 3.63) is 136 Å². The monoisotopic (exact) mass is 690 g/mol. The zero-order valence-electron chi connectivity index (χ0n) is 28.0. The quantitative estimate of drug-likeness (QED) is 0.118. The molecule has 9 nitrogen and oxygen atoms in total. The Hall–Kier alpha value is -7.36. The largest absolute Gasteiger partial charge is 0.486 e. The molecule has 1 atom stereocenters. The van der Waals surface area contributed by atoms with Crippen LogP contribution in [0.2, 0.25) is 0 Å². The van der Waals surface area contributed by atoms with Crippen molar-refractivity contribution < 1.29 is 23.9 Å². The molecule has 53 heavy (non-hydrogen) atoms. The van der Waals surface area contributed by atoms with Crippen LogP contribution < -0.4 is 15.2 Å². The van der Waals surface area contributed by atoms with Gasteiger partial charge < -0.3 is 4.74 Å². The second-order valence-electron chi connectivity index (χ2n) is 12.7. The van der Waals surface area contributed by atoms with Gasteiger partial charge in [-0.25, -0.2) is 19.2 Å². The molecule has 0 amide bonds. The molecule has 0 aromatic heterocycles. The van der Waals surface area contributed by atoms with Crippen LogP contribution in [0.15, 0.2) is 129 Å². The van der Waals surface area contributed by atoms with E-state index in [1.54, 1.807) is 48.6 Å². The lowest BCUT2D eigenvalue weighted by Gasteiger charge is -2.24. The third-order valence-corrected chi connectivity index (χ3v) is 9.66. The van der Waals surface area contributed by atoms with Gasteiger partial charge in [-0.2, -0.15) is 20.0 Å². The van der Waals surface area contributed by atoms with E-state index in [2.05, 4.69) is 26.0 Å². The molecule has 252 valence electrons. The Morgan fingerprint density at radius 3 is 2.15 bits per heavy atom. The molecule has 9 heteroatoms. The molecule has 8 rings (SSSR count). The summed E-state index contributed by atoms with van der Waals surface area (Å²) in [6.45, 7) is 0. The van der Waals surface area contributed by atoms with E-state index in [1.165, 1.54) is 0 Å². The Labute approximate surface area is 302 Å². The lowest BCUT2D eigenvalue weighted by Crippen LogP contribution is -2.32. The van der Waals surface area contributed by atoms with Crippen molar-refractivity contribution in [2.45, 2.75) is 25.4 Å². The molecular weight excluding hydrogens is 665 g/mol. The zero-order valence-corrected chi connectivity index (χ0v) is 28.0. The zero-order chi connectivity index (χ0) is 36.3. The Morgan fingerprint density at radius 1 is 0.585 bits per heavy atom. The van der Waals surface area contributed by atoms with Crippen LogP contribution in [0.5, 0.6) is 5.75 Å². The van der Waals surface area contributed by atoms with Crippen molar-refractivity contribution in [2.24, 2.45) is 20.0 Å². The summed E-state index contributed by atoms with van der Waals surface area (Å²) in [6, 6.07) is 32.6. The van der Waals surface area contributed by atoms with Crippen LogP contribution in [0.1, 0.15) is 29.5 Å². The van der Waals surface area contributed by atoms with Gasteiger partial charge in [0.25, 0.3) is 0 Å². The van der Waals surface area contributed by atoms with Crippen LogP contribution in [-0.2, 0) is 25.6 Å². The van der Waals surface area contributed by atoms with E-state index in [1.807, 2.05) is 84.9 Å². The lowest BCUT2D eigenvalue weighted by molar-refractivity contribution is 0.269. The maximum Gasteiger partial charge on any atom is 0.240 e. The number of rotatable bonds is 8. The number of aliphatic imine (C=N–C) groups is 4. The molecule has 2 aliphatic rings. The summed E-state index contributed by atoms with van der Waals surface area (Å²) >= 11 is 0. The van der Waals surface area contributed by atoms with E-state index >= 15 is 0 Å². The topological polar surface area (TPSA) is 127 Å². The van der Waals surface area contributed by atoms with Crippen molar-refractivity contribution in [1.82, 2.24) is 0 Å². The summed E-state index contributed by atoms with van der Waals surface area (Å²) in [5.41, 5.74) is 7.15. The minimum absolute atomic E-state index is 0.261. The number of hydrogen-bond acceptors (Lipinski definition) is 9. The maximum absolute atomic E-state index is 11.7. The first-order chi connectivity index (χ1) is 26.0. The van der Waals surface area contributed by atoms with Gasteiger partial charge in [0, 0.05) is 17.6 Å². The number of hydrogen-bond donors (Lipinski definition) is 0. The average molecular weight is 691 g/mol. The number of benzene rings is 6. The maximum atomic E-state index is 11.7. The Morgan fingerprint density at radius 2 is 1.32 bits per heavy atom. The number of isocyanates is 4. The van der Waals surface area contributed by atoms with Crippen molar-refractivity contribution in [3.8, 4) is 16.9 Å². The lowest BCUT2D eigenvalue weighted by atomic mass is 9.83. The highest BCUT2D eigenvalue weighted by Gasteiger charge is 2.23. The second kappa shape index (κ2) is 14.1. The standard InChI is InChI=1S/C44H26N4O5/c49-23-45-35-11-5-27-1-3-31(17-33(27)18-35)43-39-21-32(4-2-29(39)9-15-41(43)47-25-51)44-40-22-38(14-8-30(40)10-16-42(44)48-26-52)53-37-13-7-28-6-12-36(46-24-50)19-34(28)20-37/h1-9,11-12,14-15,17-22,37H,10,13,16H2. The number of ether oxygens (including phenoxy) is 1. The van der Waals surface area contributed by atoms with Gasteiger partial charge in [0.05, 0.1) is 22.8 Å². The summed E-state index contributed by atoms with van der Waals surface area (Å²) < 4.78 is 6.50. The Balaban J connectivity index is 1.25. The highest BCUT2D eigenvalue weighted by molar-refractivity contribution is 6.06. The summed E-state index contributed by atoms with van der Waals surface area (Å²) in [5.74, 6) is 0.649. The van der Waals surface area contributed by atoms with Crippen molar-refractivity contribution in [3.63, 3.8) is 0 Å². The number of aryl methyl sites for hydroxylation is 1. The summed E-state index contributed by atoms with van der Waals surface area (Å²) in [5, 5.41) is 5.49. The molecule has 0 saturated carbocycles. The number of carbonyl (C=O) groups excluding carboxylic acids is 4. The van der Waals surface area contributed by atoms with E-state index in [0.29, 0.717) is 47.8 Å². The molecule has 0 N–H and O–H groups in total. The average Bonchev–Trinajstić information content (AvgIpc) is 3.17. The first-order valence-electron chi connectivity index (χ1n) is 16.8. The van der Waals surface area contributed by atoms with Crippen LogP contribution in [0.3, 0.4) is 0 Å². The Kier molecular flexibility index (Phi) is 8.73. The second-order valence-corrected chi connectivity index (χ2v) is 12.7. The Bertz CT molecular complexity index is 2890. The van der Waals surface area contributed by atoms with Gasteiger partial charge in [0.1, 0.15) is 11.9 Å². The first kappa shape index (κ1) is 32.8. The summed E-state index contributed by atoms with van der Waals surface area (Å²) in [4.78, 5) is 60.9.